The quantitative estimate of drug-likeness (QED) is 0.404. The van der Waals surface area contributed by atoms with Crippen molar-refractivity contribution in [3.05, 3.63) is 41.5 Å². The van der Waals surface area contributed by atoms with Crippen LogP contribution in [0.3, 0.4) is 0 Å². The minimum absolute atomic E-state index is 0.0336. The SMILES string of the molecule is CC1(C)OC[C@H](CN2CCC([C@H]3C[C@@H](NC(=O)C4(C)COc5cc6c(cc54)OC(F)(F)O6)c4ccc(OC(F)(F)F)cc4O3)CC2)O1. The van der Waals surface area contributed by atoms with E-state index in [1.165, 1.54) is 30.3 Å². The van der Waals surface area contributed by atoms with Crippen molar-refractivity contribution in [1.82, 2.24) is 10.2 Å². The number of nitrogens with zero attached hydrogens (tertiary/aromatic N) is 1. The molecule has 4 atom stereocenters. The summed E-state index contributed by atoms with van der Waals surface area (Å²) >= 11 is 0. The molecule has 10 nitrogen and oxygen atoms in total. The summed E-state index contributed by atoms with van der Waals surface area (Å²) in [6.45, 7) is 8.10. The van der Waals surface area contributed by atoms with Crippen molar-refractivity contribution in [3.63, 3.8) is 0 Å². The van der Waals surface area contributed by atoms with Gasteiger partial charge in [-0.1, -0.05) is 0 Å². The molecule has 2 fully saturated rings. The molecule has 256 valence electrons. The van der Waals surface area contributed by atoms with E-state index in [9.17, 15) is 26.7 Å². The standard InChI is InChI=1S/C32H35F5N2O8/c1-29(2)42-15-19(44-29)14-39-8-6-17(7-9-39)23-12-22(20-5-4-18(10-24(20)43-23)45-31(33,34)35)38-28(40)30(3)16-41-25-13-27-26(11-21(25)30)46-32(36,37)47-27/h4-5,10-11,13,17,19,22-23H,6-9,12,14-16H2,1-3H3,(H,38,40)/t19-,22+,23+,30?/m0/s1. The summed E-state index contributed by atoms with van der Waals surface area (Å²) in [7, 11) is 0. The average molecular weight is 671 g/mol. The molecule has 0 saturated carbocycles. The highest BCUT2D eigenvalue weighted by atomic mass is 19.4. The molecule has 1 amide bonds. The molecule has 0 radical (unpaired) electrons. The molecule has 0 aromatic heterocycles. The summed E-state index contributed by atoms with van der Waals surface area (Å²) < 4.78 is 104. The Kier molecular flexibility index (Phi) is 7.67. The average Bonchev–Trinajstić information content (AvgIpc) is 3.61. The zero-order valence-electron chi connectivity index (χ0n) is 26.0. The molecule has 0 aliphatic carbocycles. The third-order valence-electron chi connectivity index (χ3n) is 9.45. The molecule has 5 aliphatic rings. The largest absolute Gasteiger partial charge is 0.586 e. The number of hydrogen-bond acceptors (Lipinski definition) is 9. The van der Waals surface area contributed by atoms with Gasteiger partial charge in [0.25, 0.3) is 0 Å². The topological polar surface area (TPSA) is 97.0 Å². The van der Waals surface area contributed by atoms with Gasteiger partial charge in [-0.2, -0.15) is 0 Å². The number of ether oxygens (including phenoxy) is 7. The van der Waals surface area contributed by atoms with Crippen LogP contribution in [0.1, 0.15) is 57.2 Å². The Labute approximate surface area is 267 Å². The fourth-order valence-corrected chi connectivity index (χ4v) is 7.08. The summed E-state index contributed by atoms with van der Waals surface area (Å²) in [6.07, 6.45) is -7.26. The zero-order valence-corrected chi connectivity index (χ0v) is 26.0. The lowest BCUT2D eigenvalue weighted by atomic mass is 9.81. The fourth-order valence-electron chi connectivity index (χ4n) is 7.08. The second-order valence-electron chi connectivity index (χ2n) is 13.3. The molecular formula is C32H35F5N2O8. The van der Waals surface area contributed by atoms with Gasteiger partial charge < -0.3 is 43.4 Å². The number of halogens is 5. The molecule has 1 N–H and O–H groups in total. The van der Waals surface area contributed by atoms with Crippen LogP contribution in [-0.2, 0) is 19.7 Å². The van der Waals surface area contributed by atoms with E-state index in [4.69, 9.17) is 18.9 Å². The summed E-state index contributed by atoms with van der Waals surface area (Å²) in [5.41, 5.74) is -0.444. The van der Waals surface area contributed by atoms with Crippen LogP contribution >= 0.6 is 0 Å². The molecule has 15 heteroatoms. The summed E-state index contributed by atoms with van der Waals surface area (Å²) in [5.74, 6) is -1.44. The minimum atomic E-state index is -4.89. The second kappa shape index (κ2) is 11.3. The predicted molar refractivity (Wildman–Crippen MR) is 153 cm³/mol. The number of carbonyl (C=O) groups excluding carboxylic acids is 1. The van der Waals surface area contributed by atoms with Crippen LogP contribution < -0.4 is 29.0 Å². The first kappa shape index (κ1) is 32.0. The summed E-state index contributed by atoms with van der Waals surface area (Å²) in [4.78, 5) is 16.3. The van der Waals surface area contributed by atoms with Crippen LogP contribution in [0, 0.1) is 5.92 Å². The Morgan fingerprint density at radius 1 is 1.02 bits per heavy atom. The first-order chi connectivity index (χ1) is 22.1. The molecule has 7 rings (SSSR count). The van der Waals surface area contributed by atoms with E-state index in [0.717, 1.165) is 32.5 Å². The van der Waals surface area contributed by atoms with Gasteiger partial charge in [0.1, 0.15) is 35.4 Å². The Balaban J connectivity index is 1.09. The molecule has 1 unspecified atom stereocenters. The van der Waals surface area contributed by atoms with Gasteiger partial charge in [-0.05, 0) is 70.8 Å². The number of piperidine rings is 1. The van der Waals surface area contributed by atoms with E-state index >= 15 is 0 Å². The van der Waals surface area contributed by atoms with Gasteiger partial charge >= 0.3 is 12.7 Å². The van der Waals surface area contributed by atoms with Crippen LogP contribution in [0.15, 0.2) is 30.3 Å². The first-order valence-corrected chi connectivity index (χ1v) is 15.5. The smallest absolute Gasteiger partial charge is 0.492 e. The van der Waals surface area contributed by atoms with E-state index in [2.05, 4.69) is 24.4 Å². The number of likely N-dealkylation sites (tertiary alicyclic amines) is 1. The van der Waals surface area contributed by atoms with Gasteiger partial charge in [0.15, 0.2) is 17.3 Å². The number of alkyl halides is 5. The number of amides is 1. The number of rotatable bonds is 6. The van der Waals surface area contributed by atoms with Crippen LogP contribution in [0.5, 0.6) is 28.7 Å². The van der Waals surface area contributed by atoms with Crippen LogP contribution in [-0.4, -0.2) is 74.3 Å². The Hall–Kier alpha value is -3.56. The van der Waals surface area contributed by atoms with Crippen molar-refractivity contribution in [1.29, 1.82) is 0 Å². The monoisotopic (exact) mass is 670 g/mol. The van der Waals surface area contributed by atoms with Gasteiger partial charge in [0.2, 0.25) is 5.91 Å². The maximum atomic E-state index is 14.0. The maximum absolute atomic E-state index is 14.0. The predicted octanol–water partition coefficient (Wildman–Crippen LogP) is 5.43. The molecule has 0 spiro atoms. The van der Waals surface area contributed by atoms with E-state index in [0.29, 0.717) is 24.2 Å². The van der Waals surface area contributed by atoms with Crippen molar-refractivity contribution >= 4 is 5.91 Å². The Morgan fingerprint density at radius 3 is 2.43 bits per heavy atom. The van der Waals surface area contributed by atoms with Crippen molar-refractivity contribution in [2.24, 2.45) is 5.92 Å². The minimum Gasteiger partial charge on any atom is -0.492 e. The number of fused-ring (bicyclic) bond motifs is 3. The highest BCUT2D eigenvalue weighted by Gasteiger charge is 2.50. The molecule has 5 heterocycles. The lowest BCUT2D eigenvalue weighted by molar-refractivity contribution is -0.286. The van der Waals surface area contributed by atoms with Gasteiger partial charge in [-0.3, -0.25) is 4.79 Å². The van der Waals surface area contributed by atoms with Crippen molar-refractivity contribution in [3.8, 4) is 28.7 Å². The van der Waals surface area contributed by atoms with Gasteiger partial charge in [0.05, 0.1) is 18.8 Å². The lowest BCUT2D eigenvalue weighted by Gasteiger charge is -2.41. The molecule has 5 aliphatic heterocycles. The number of benzene rings is 2. The van der Waals surface area contributed by atoms with Crippen LogP contribution in [0.2, 0.25) is 0 Å². The molecule has 2 aromatic rings. The highest BCUT2D eigenvalue weighted by molar-refractivity contribution is 5.90. The number of hydrogen-bond donors (Lipinski definition) is 1. The molecular weight excluding hydrogens is 635 g/mol. The second-order valence-corrected chi connectivity index (χ2v) is 13.3. The summed E-state index contributed by atoms with van der Waals surface area (Å²) in [6, 6.07) is 5.79. The van der Waals surface area contributed by atoms with Crippen molar-refractivity contribution in [2.75, 3.05) is 32.8 Å². The first-order valence-electron chi connectivity index (χ1n) is 15.5. The summed E-state index contributed by atoms with van der Waals surface area (Å²) in [5, 5.41) is 3.06. The van der Waals surface area contributed by atoms with Crippen molar-refractivity contribution in [2.45, 2.75) is 82.1 Å². The Morgan fingerprint density at radius 2 is 1.74 bits per heavy atom. The molecule has 2 saturated heterocycles. The molecule has 0 bridgehead atoms. The zero-order chi connectivity index (χ0) is 33.4. The third kappa shape index (κ3) is 6.49. The van der Waals surface area contributed by atoms with E-state index in [-0.39, 0.29) is 41.6 Å². The Bertz CT molecular complexity index is 1550. The van der Waals surface area contributed by atoms with E-state index in [1.54, 1.807) is 6.92 Å². The number of nitrogens with one attached hydrogen (secondary N) is 1. The lowest BCUT2D eigenvalue weighted by Crippen LogP contribution is -2.48. The normalized spacial score (nSPS) is 29.4. The van der Waals surface area contributed by atoms with Crippen LogP contribution in [0.4, 0.5) is 22.0 Å². The molecule has 2 aromatic carbocycles. The maximum Gasteiger partial charge on any atom is 0.586 e. The van der Waals surface area contributed by atoms with E-state index in [1.807, 2.05) is 13.8 Å². The van der Waals surface area contributed by atoms with Gasteiger partial charge in [-0.25, -0.2) is 0 Å². The van der Waals surface area contributed by atoms with Crippen molar-refractivity contribution < 1.29 is 59.9 Å². The highest BCUT2D eigenvalue weighted by Crippen LogP contribution is 2.50. The van der Waals surface area contributed by atoms with E-state index < -0.39 is 47.7 Å². The van der Waals surface area contributed by atoms with Gasteiger partial charge in [0, 0.05) is 36.2 Å². The molecule has 47 heavy (non-hydrogen) atoms. The van der Waals surface area contributed by atoms with Crippen LogP contribution in [0.25, 0.3) is 0 Å². The number of carbonyl (C=O) groups is 1. The fraction of sp³-hybridized carbons (Fsp3) is 0.594. The van der Waals surface area contributed by atoms with Gasteiger partial charge in [-0.15, -0.1) is 22.0 Å². The third-order valence-corrected chi connectivity index (χ3v) is 9.45.